The molecule has 9 nitrogen and oxygen atoms in total. The van der Waals surface area contributed by atoms with Gasteiger partial charge in [-0.2, -0.15) is 4.31 Å². The Bertz CT molecular complexity index is 862. The zero-order valence-electron chi connectivity index (χ0n) is 14.6. The summed E-state index contributed by atoms with van der Waals surface area (Å²) >= 11 is 0. The first-order valence-electron chi connectivity index (χ1n) is 8.15. The lowest BCUT2D eigenvalue weighted by atomic mass is 10.2. The van der Waals surface area contributed by atoms with Crippen LogP contribution in [0.4, 0.5) is 0 Å². The summed E-state index contributed by atoms with van der Waals surface area (Å²) in [7, 11) is -0.259. The Kier molecular flexibility index (Phi) is 5.35. The van der Waals surface area contributed by atoms with Crippen LogP contribution in [0.5, 0.6) is 0 Å². The summed E-state index contributed by atoms with van der Waals surface area (Å²) in [5.74, 6) is -0.249. The lowest BCUT2D eigenvalue weighted by molar-refractivity contribution is 0.0738. The molecule has 0 bridgehead atoms. The van der Waals surface area contributed by atoms with Crippen molar-refractivity contribution < 1.29 is 17.9 Å². The van der Waals surface area contributed by atoms with Crippen LogP contribution in [-0.2, 0) is 14.8 Å². The normalized spacial score (nSPS) is 15.6. The van der Waals surface area contributed by atoms with Crippen LogP contribution >= 0.6 is 0 Å². The fraction of sp³-hybridized carbons (Fsp3) is 0.438. The van der Waals surface area contributed by atoms with E-state index in [2.05, 4.69) is 10.3 Å². The van der Waals surface area contributed by atoms with Crippen molar-refractivity contribution in [1.29, 1.82) is 0 Å². The van der Waals surface area contributed by atoms with Gasteiger partial charge in [-0.05, 0) is 12.1 Å². The minimum Gasteiger partial charge on any atom is -0.383 e. The molecule has 2 aromatic rings. The van der Waals surface area contributed by atoms with Gasteiger partial charge in [-0.3, -0.25) is 4.79 Å². The average Bonchev–Trinajstić information content (AvgIpc) is 3.07. The first-order valence-corrected chi connectivity index (χ1v) is 9.59. The molecule has 140 valence electrons. The Morgan fingerprint density at radius 1 is 1.31 bits per heavy atom. The first-order chi connectivity index (χ1) is 12.4. The number of carbonyl (C=O) groups excluding carboxylic acids is 1. The zero-order chi connectivity index (χ0) is 18.7. The maximum absolute atomic E-state index is 12.5. The molecule has 26 heavy (non-hydrogen) atoms. The highest BCUT2D eigenvalue weighted by Gasteiger charge is 2.38. The standard InChI is InChI=1S/C16H21N5O4S/c1-19(8-9-25-2)16(22)15-12-21(18-17-15)13-10-20(11-13)26(23,24)14-6-4-3-5-7-14/h3-7,12-13H,8-11H2,1-2H3. The van der Waals surface area contributed by atoms with E-state index in [4.69, 9.17) is 4.74 Å². The second kappa shape index (κ2) is 7.52. The van der Waals surface area contributed by atoms with Gasteiger partial charge in [0, 0.05) is 33.8 Å². The van der Waals surface area contributed by atoms with Crippen molar-refractivity contribution >= 4 is 15.9 Å². The van der Waals surface area contributed by atoms with Gasteiger partial charge >= 0.3 is 0 Å². The average molecular weight is 379 g/mol. The zero-order valence-corrected chi connectivity index (χ0v) is 15.5. The van der Waals surface area contributed by atoms with Crippen molar-refractivity contribution in [3.05, 3.63) is 42.2 Å². The summed E-state index contributed by atoms with van der Waals surface area (Å²) in [4.78, 5) is 14.0. The van der Waals surface area contributed by atoms with Crippen LogP contribution in [0.15, 0.2) is 41.4 Å². The Hall–Kier alpha value is -2.30. The summed E-state index contributed by atoms with van der Waals surface area (Å²) in [6.45, 7) is 1.49. The number of likely N-dealkylation sites (N-methyl/N-ethyl adjacent to an activating group) is 1. The van der Waals surface area contributed by atoms with Crippen molar-refractivity contribution in [3.63, 3.8) is 0 Å². The van der Waals surface area contributed by atoms with Crippen LogP contribution in [0.1, 0.15) is 16.5 Å². The molecular weight excluding hydrogens is 358 g/mol. The molecule has 10 heteroatoms. The largest absolute Gasteiger partial charge is 0.383 e. The number of nitrogens with zero attached hydrogens (tertiary/aromatic N) is 5. The lowest BCUT2D eigenvalue weighted by Gasteiger charge is -2.37. The highest BCUT2D eigenvalue weighted by Crippen LogP contribution is 2.27. The second-order valence-electron chi connectivity index (χ2n) is 6.09. The molecule has 0 unspecified atom stereocenters. The van der Waals surface area contributed by atoms with Crippen molar-refractivity contribution in [2.45, 2.75) is 10.9 Å². The fourth-order valence-corrected chi connectivity index (χ4v) is 4.14. The lowest BCUT2D eigenvalue weighted by Crippen LogP contribution is -2.50. The first kappa shape index (κ1) is 18.5. The number of ether oxygens (including phenoxy) is 1. The summed E-state index contributed by atoms with van der Waals surface area (Å²) < 4.78 is 32.9. The van der Waals surface area contributed by atoms with E-state index in [1.165, 1.54) is 9.21 Å². The number of benzene rings is 1. The molecule has 0 spiro atoms. The molecule has 0 N–H and O–H groups in total. The maximum Gasteiger partial charge on any atom is 0.275 e. The highest BCUT2D eigenvalue weighted by molar-refractivity contribution is 7.89. The van der Waals surface area contributed by atoms with Crippen LogP contribution in [0, 0.1) is 0 Å². The molecule has 0 radical (unpaired) electrons. The molecular formula is C16H21N5O4S. The maximum atomic E-state index is 12.5. The molecule has 0 aliphatic carbocycles. The smallest absolute Gasteiger partial charge is 0.275 e. The van der Waals surface area contributed by atoms with Gasteiger partial charge in [-0.25, -0.2) is 13.1 Å². The quantitative estimate of drug-likeness (QED) is 0.684. The van der Waals surface area contributed by atoms with E-state index >= 15 is 0 Å². The summed E-state index contributed by atoms with van der Waals surface area (Å²) in [6.07, 6.45) is 1.56. The van der Waals surface area contributed by atoms with Crippen molar-refractivity contribution in [2.75, 3.05) is 40.4 Å². The molecule has 1 aliphatic heterocycles. The molecule has 3 rings (SSSR count). The Balaban J connectivity index is 1.62. The minimum absolute atomic E-state index is 0.133. The van der Waals surface area contributed by atoms with Crippen molar-refractivity contribution in [2.24, 2.45) is 0 Å². The molecule has 1 saturated heterocycles. The molecule has 1 aliphatic rings. The second-order valence-corrected chi connectivity index (χ2v) is 8.03. The van der Waals surface area contributed by atoms with Gasteiger partial charge in [-0.1, -0.05) is 23.4 Å². The fourth-order valence-electron chi connectivity index (χ4n) is 2.60. The number of hydrogen-bond acceptors (Lipinski definition) is 6. The summed E-state index contributed by atoms with van der Waals surface area (Å²) in [5, 5.41) is 7.88. The van der Waals surface area contributed by atoms with Crippen LogP contribution < -0.4 is 0 Å². The third-order valence-corrected chi connectivity index (χ3v) is 6.14. The number of sulfonamides is 1. The predicted molar refractivity (Wildman–Crippen MR) is 93.1 cm³/mol. The van der Waals surface area contributed by atoms with Gasteiger partial charge in [0.25, 0.3) is 5.91 Å². The Morgan fingerprint density at radius 2 is 2.00 bits per heavy atom. The molecule has 0 atom stereocenters. The van der Waals surface area contributed by atoms with E-state index in [9.17, 15) is 13.2 Å². The molecule has 1 aromatic heterocycles. The van der Waals surface area contributed by atoms with Gasteiger partial charge < -0.3 is 9.64 Å². The van der Waals surface area contributed by atoms with E-state index in [0.29, 0.717) is 26.2 Å². The van der Waals surface area contributed by atoms with Gasteiger partial charge in [-0.15, -0.1) is 5.10 Å². The number of amides is 1. The van der Waals surface area contributed by atoms with E-state index in [1.807, 2.05) is 0 Å². The van der Waals surface area contributed by atoms with E-state index in [-0.39, 0.29) is 22.5 Å². The van der Waals surface area contributed by atoms with Crippen molar-refractivity contribution in [1.82, 2.24) is 24.2 Å². The van der Waals surface area contributed by atoms with Crippen LogP contribution in [0.25, 0.3) is 0 Å². The number of hydrogen-bond donors (Lipinski definition) is 0. The SMILES string of the molecule is COCCN(C)C(=O)c1cn(C2CN(S(=O)(=O)c3ccccc3)C2)nn1. The Labute approximate surface area is 152 Å². The molecule has 0 saturated carbocycles. The van der Waals surface area contributed by atoms with Crippen LogP contribution in [0.3, 0.4) is 0 Å². The molecule has 1 amide bonds. The van der Waals surface area contributed by atoms with Gasteiger partial charge in [0.2, 0.25) is 10.0 Å². The number of rotatable bonds is 7. The predicted octanol–water partition coefficient (Wildman–Crippen LogP) is 0.242. The van der Waals surface area contributed by atoms with E-state index < -0.39 is 10.0 Å². The monoisotopic (exact) mass is 379 g/mol. The number of carbonyl (C=O) groups is 1. The third kappa shape index (κ3) is 3.62. The third-order valence-electron chi connectivity index (χ3n) is 4.29. The van der Waals surface area contributed by atoms with Crippen molar-refractivity contribution in [3.8, 4) is 0 Å². The van der Waals surface area contributed by atoms with E-state index in [0.717, 1.165) is 0 Å². The highest BCUT2D eigenvalue weighted by atomic mass is 32.2. The van der Waals surface area contributed by atoms with Gasteiger partial charge in [0.15, 0.2) is 5.69 Å². The Morgan fingerprint density at radius 3 is 2.65 bits per heavy atom. The molecule has 2 heterocycles. The summed E-state index contributed by atoms with van der Waals surface area (Å²) in [6, 6.07) is 8.18. The van der Waals surface area contributed by atoms with E-state index in [1.54, 1.807) is 55.4 Å². The topological polar surface area (TPSA) is 97.6 Å². The van der Waals surface area contributed by atoms with Crippen LogP contribution in [0.2, 0.25) is 0 Å². The number of methoxy groups -OCH3 is 1. The summed E-state index contributed by atoms with van der Waals surface area (Å²) in [5.41, 5.74) is 0.230. The minimum atomic E-state index is -3.49. The van der Waals surface area contributed by atoms with Gasteiger partial charge in [0.1, 0.15) is 0 Å². The number of aromatic nitrogens is 3. The van der Waals surface area contributed by atoms with Gasteiger partial charge in [0.05, 0.1) is 23.7 Å². The molecule has 1 aromatic carbocycles. The van der Waals surface area contributed by atoms with Crippen LogP contribution in [-0.4, -0.2) is 78.9 Å². The molecule has 1 fully saturated rings.